The average Bonchev–Trinajstić information content (AvgIpc) is 2.37. The monoisotopic (exact) mass is 316 g/mol. The molecular weight excluding hydrogens is 300 g/mol. The molecule has 0 bridgehead atoms. The maximum atomic E-state index is 11.7. The Balaban J connectivity index is 2.14. The number of H-pyrrole nitrogens is 1. The van der Waals surface area contributed by atoms with Crippen LogP contribution in [0.15, 0.2) is 9.27 Å². The standard InChI is InChI=1S/C12H17BrN2O3/c1-17-7-9-11(13)12(16)15-10(14-9)6-8-4-2-3-5-18-8/h8H,2-7H2,1H3,(H,14,15,16). The third-order valence-corrected chi connectivity index (χ3v) is 3.77. The molecule has 2 rings (SSSR count). The van der Waals surface area contributed by atoms with E-state index < -0.39 is 0 Å². The van der Waals surface area contributed by atoms with E-state index in [0.29, 0.717) is 29.0 Å². The molecule has 2 heterocycles. The van der Waals surface area contributed by atoms with Crippen molar-refractivity contribution in [3.8, 4) is 0 Å². The van der Waals surface area contributed by atoms with Crippen molar-refractivity contribution in [3.05, 3.63) is 26.3 Å². The van der Waals surface area contributed by atoms with Gasteiger partial charge in [-0.15, -0.1) is 0 Å². The van der Waals surface area contributed by atoms with Gasteiger partial charge in [0.25, 0.3) is 5.56 Å². The summed E-state index contributed by atoms with van der Waals surface area (Å²) in [5, 5.41) is 0. The van der Waals surface area contributed by atoms with Crippen molar-refractivity contribution in [1.82, 2.24) is 9.97 Å². The van der Waals surface area contributed by atoms with Gasteiger partial charge in [0.15, 0.2) is 0 Å². The molecule has 1 aliphatic heterocycles. The largest absolute Gasteiger partial charge is 0.378 e. The lowest BCUT2D eigenvalue weighted by Gasteiger charge is -2.22. The fourth-order valence-corrected chi connectivity index (χ4v) is 2.37. The summed E-state index contributed by atoms with van der Waals surface area (Å²) >= 11 is 3.22. The molecule has 1 saturated heterocycles. The molecule has 1 atom stereocenters. The Morgan fingerprint density at radius 2 is 2.39 bits per heavy atom. The van der Waals surface area contributed by atoms with Gasteiger partial charge in [-0.05, 0) is 35.2 Å². The number of ether oxygens (including phenoxy) is 2. The smallest absolute Gasteiger partial charge is 0.265 e. The van der Waals surface area contributed by atoms with Gasteiger partial charge in [-0.1, -0.05) is 0 Å². The van der Waals surface area contributed by atoms with Gasteiger partial charge in [0.1, 0.15) is 10.3 Å². The van der Waals surface area contributed by atoms with E-state index >= 15 is 0 Å². The first-order chi connectivity index (χ1) is 8.70. The van der Waals surface area contributed by atoms with Crippen LogP contribution in [-0.4, -0.2) is 29.8 Å². The fraction of sp³-hybridized carbons (Fsp3) is 0.667. The molecule has 6 heteroatoms. The summed E-state index contributed by atoms with van der Waals surface area (Å²) < 4.78 is 11.1. The van der Waals surface area contributed by atoms with Crippen LogP contribution in [0.4, 0.5) is 0 Å². The number of methoxy groups -OCH3 is 1. The Kier molecular flexibility index (Phi) is 4.91. The maximum absolute atomic E-state index is 11.7. The lowest BCUT2D eigenvalue weighted by atomic mass is 10.1. The molecule has 1 unspecified atom stereocenters. The molecule has 0 amide bonds. The Labute approximate surface area is 114 Å². The van der Waals surface area contributed by atoms with E-state index in [1.165, 1.54) is 6.42 Å². The van der Waals surface area contributed by atoms with Crippen LogP contribution in [0.3, 0.4) is 0 Å². The zero-order valence-corrected chi connectivity index (χ0v) is 12.0. The number of nitrogens with one attached hydrogen (secondary N) is 1. The van der Waals surface area contributed by atoms with Crippen LogP contribution in [0, 0.1) is 0 Å². The number of halogens is 1. The van der Waals surface area contributed by atoms with Crippen LogP contribution in [-0.2, 0) is 22.5 Å². The number of rotatable bonds is 4. The highest BCUT2D eigenvalue weighted by molar-refractivity contribution is 9.10. The van der Waals surface area contributed by atoms with E-state index in [1.54, 1.807) is 7.11 Å². The first-order valence-electron chi connectivity index (χ1n) is 6.09. The lowest BCUT2D eigenvalue weighted by molar-refractivity contribution is 0.0155. The van der Waals surface area contributed by atoms with E-state index in [0.717, 1.165) is 19.4 Å². The zero-order valence-electron chi connectivity index (χ0n) is 10.4. The van der Waals surface area contributed by atoms with Crippen molar-refractivity contribution in [2.24, 2.45) is 0 Å². The van der Waals surface area contributed by atoms with Gasteiger partial charge >= 0.3 is 0 Å². The third-order valence-electron chi connectivity index (χ3n) is 2.96. The molecule has 1 aliphatic rings. The van der Waals surface area contributed by atoms with E-state index in [-0.39, 0.29) is 11.7 Å². The molecule has 0 aliphatic carbocycles. The first-order valence-corrected chi connectivity index (χ1v) is 6.88. The third kappa shape index (κ3) is 3.40. The van der Waals surface area contributed by atoms with Crippen LogP contribution in [0.1, 0.15) is 30.8 Å². The molecule has 1 aromatic heterocycles. The number of aromatic amines is 1. The summed E-state index contributed by atoms with van der Waals surface area (Å²) in [6.45, 7) is 1.12. The molecule has 1 aromatic rings. The molecule has 0 spiro atoms. The second-order valence-electron chi connectivity index (χ2n) is 4.40. The van der Waals surface area contributed by atoms with E-state index in [4.69, 9.17) is 9.47 Å². The summed E-state index contributed by atoms with van der Waals surface area (Å²) in [4.78, 5) is 18.9. The molecule has 100 valence electrons. The minimum Gasteiger partial charge on any atom is -0.378 e. The van der Waals surface area contributed by atoms with Crippen LogP contribution in [0.5, 0.6) is 0 Å². The fourth-order valence-electron chi connectivity index (χ4n) is 2.07. The highest BCUT2D eigenvalue weighted by atomic mass is 79.9. The zero-order chi connectivity index (χ0) is 13.0. The Morgan fingerprint density at radius 1 is 1.56 bits per heavy atom. The average molecular weight is 317 g/mol. The van der Waals surface area contributed by atoms with Gasteiger partial charge in [0.05, 0.1) is 18.4 Å². The highest BCUT2D eigenvalue weighted by Gasteiger charge is 2.17. The predicted octanol–water partition coefficient (Wildman–Crippen LogP) is 1.79. The summed E-state index contributed by atoms with van der Waals surface area (Å²) in [6, 6.07) is 0. The quantitative estimate of drug-likeness (QED) is 0.919. The summed E-state index contributed by atoms with van der Waals surface area (Å²) in [6.07, 6.45) is 4.14. The predicted molar refractivity (Wildman–Crippen MR) is 70.6 cm³/mol. The molecule has 0 saturated carbocycles. The van der Waals surface area contributed by atoms with Crippen molar-refractivity contribution >= 4 is 15.9 Å². The van der Waals surface area contributed by atoms with E-state index in [1.807, 2.05) is 0 Å². The van der Waals surface area contributed by atoms with Crippen molar-refractivity contribution in [1.29, 1.82) is 0 Å². The molecule has 18 heavy (non-hydrogen) atoms. The van der Waals surface area contributed by atoms with Crippen LogP contribution >= 0.6 is 15.9 Å². The van der Waals surface area contributed by atoms with Gasteiger partial charge in [0, 0.05) is 20.1 Å². The van der Waals surface area contributed by atoms with Crippen LogP contribution in [0.25, 0.3) is 0 Å². The molecule has 0 radical (unpaired) electrons. The van der Waals surface area contributed by atoms with E-state index in [2.05, 4.69) is 25.9 Å². The first kappa shape index (κ1) is 13.7. The minimum absolute atomic E-state index is 0.164. The highest BCUT2D eigenvalue weighted by Crippen LogP contribution is 2.16. The van der Waals surface area contributed by atoms with Crippen molar-refractivity contribution in [2.45, 2.75) is 38.4 Å². The van der Waals surface area contributed by atoms with Crippen LogP contribution in [0.2, 0.25) is 0 Å². The van der Waals surface area contributed by atoms with Crippen LogP contribution < -0.4 is 5.56 Å². The number of aromatic nitrogens is 2. The number of nitrogens with zero attached hydrogens (tertiary/aromatic N) is 1. The molecule has 1 fully saturated rings. The van der Waals surface area contributed by atoms with Crippen molar-refractivity contribution in [3.63, 3.8) is 0 Å². The van der Waals surface area contributed by atoms with Gasteiger partial charge < -0.3 is 14.5 Å². The summed E-state index contributed by atoms with van der Waals surface area (Å²) in [5.74, 6) is 0.669. The summed E-state index contributed by atoms with van der Waals surface area (Å²) in [7, 11) is 1.58. The molecular formula is C12H17BrN2O3. The summed E-state index contributed by atoms with van der Waals surface area (Å²) in [5.41, 5.74) is 0.468. The second kappa shape index (κ2) is 6.45. The van der Waals surface area contributed by atoms with Gasteiger partial charge in [-0.25, -0.2) is 4.98 Å². The molecule has 1 N–H and O–H groups in total. The number of hydrogen-bond acceptors (Lipinski definition) is 4. The number of hydrogen-bond donors (Lipinski definition) is 1. The maximum Gasteiger partial charge on any atom is 0.265 e. The topological polar surface area (TPSA) is 64.2 Å². The van der Waals surface area contributed by atoms with Crippen molar-refractivity contribution in [2.75, 3.05) is 13.7 Å². The Bertz CT molecular complexity index is 455. The Hall–Kier alpha value is -0.720. The molecule has 0 aromatic carbocycles. The van der Waals surface area contributed by atoms with Gasteiger partial charge in [-0.3, -0.25) is 4.79 Å². The molecule has 5 nitrogen and oxygen atoms in total. The van der Waals surface area contributed by atoms with Gasteiger partial charge in [0.2, 0.25) is 0 Å². The Morgan fingerprint density at radius 3 is 3.06 bits per heavy atom. The van der Waals surface area contributed by atoms with E-state index in [9.17, 15) is 4.79 Å². The SMILES string of the molecule is COCc1nc(CC2CCCCO2)[nH]c(=O)c1Br. The normalized spacial score (nSPS) is 20.0. The second-order valence-corrected chi connectivity index (χ2v) is 5.19. The van der Waals surface area contributed by atoms with Crippen molar-refractivity contribution < 1.29 is 9.47 Å². The van der Waals surface area contributed by atoms with Gasteiger partial charge in [-0.2, -0.15) is 0 Å². The minimum atomic E-state index is -0.164. The lowest BCUT2D eigenvalue weighted by Crippen LogP contribution is -2.25.